The van der Waals surface area contributed by atoms with Crippen LogP contribution >= 0.6 is 0 Å². The maximum atomic E-state index is 6.55. The molecule has 1 aromatic carbocycles. The topological polar surface area (TPSA) is 29.3 Å². The summed E-state index contributed by atoms with van der Waals surface area (Å²) in [5.41, 5.74) is 9.58. The van der Waals surface area contributed by atoms with Crippen LogP contribution < -0.4 is 5.73 Å². The van der Waals surface area contributed by atoms with Crippen LogP contribution in [0.3, 0.4) is 0 Å². The molecule has 1 saturated heterocycles. The molecule has 0 radical (unpaired) electrons. The molecule has 1 heterocycles. The summed E-state index contributed by atoms with van der Waals surface area (Å²) < 4.78 is 0. The fourth-order valence-corrected chi connectivity index (χ4v) is 3.17. The molecule has 0 saturated carbocycles. The molecule has 1 aromatic rings. The van der Waals surface area contributed by atoms with E-state index in [0.717, 1.165) is 6.42 Å². The second-order valence-corrected chi connectivity index (χ2v) is 8.11. The van der Waals surface area contributed by atoms with Crippen LogP contribution in [0.25, 0.3) is 0 Å². The summed E-state index contributed by atoms with van der Waals surface area (Å²) in [5.74, 6) is 0. The highest BCUT2D eigenvalue weighted by Crippen LogP contribution is 2.26. The normalized spacial score (nSPS) is 19.0. The largest absolute Gasteiger partial charge is 0.326 e. The van der Waals surface area contributed by atoms with Crippen molar-refractivity contribution in [1.82, 2.24) is 4.90 Å². The van der Waals surface area contributed by atoms with Crippen LogP contribution in [-0.2, 0) is 11.8 Å². The van der Waals surface area contributed by atoms with Gasteiger partial charge in [-0.1, -0.05) is 45.0 Å². The molecule has 0 aromatic heterocycles. The molecule has 1 aliphatic rings. The van der Waals surface area contributed by atoms with Crippen molar-refractivity contribution in [2.24, 2.45) is 5.73 Å². The van der Waals surface area contributed by atoms with Gasteiger partial charge in [0, 0.05) is 11.6 Å². The van der Waals surface area contributed by atoms with Crippen molar-refractivity contribution >= 4 is 0 Å². The molecule has 118 valence electrons. The van der Waals surface area contributed by atoms with Crippen molar-refractivity contribution in [1.29, 1.82) is 0 Å². The van der Waals surface area contributed by atoms with Gasteiger partial charge in [-0.25, -0.2) is 0 Å². The second-order valence-electron chi connectivity index (χ2n) is 8.11. The Morgan fingerprint density at radius 3 is 2.00 bits per heavy atom. The van der Waals surface area contributed by atoms with E-state index in [2.05, 4.69) is 63.8 Å². The fraction of sp³-hybridized carbons (Fsp3) is 0.684. The van der Waals surface area contributed by atoms with E-state index in [1.54, 1.807) is 0 Å². The highest BCUT2D eigenvalue weighted by molar-refractivity contribution is 5.28. The van der Waals surface area contributed by atoms with Crippen LogP contribution in [0, 0.1) is 0 Å². The quantitative estimate of drug-likeness (QED) is 0.914. The van der Waals surface area contributed by atoms with E-state index >= 15 is 0 Å². The smallest absolute Gasteiger partial charge is 0.0307 e. The van der Waals surface area contributed by atoms with Crippen LogP contribution in [0.5, 0.6) is 0 Å². The number of nitrogens with two attached hydrogens (primary N) is 1. The summed E-state index contributed by atoms with van der Waals surface area (Å²) in [6, 6.07) is 9.19. The molecular weight excluding hydrogens is 256 g/mol. The van der Waals surface area contributed by atoms with Crippen molar-refractivity contribution in [2.45, 2.75) is 70.9 Å². The van der Waals surface area contributed by atoms with Gasteiger partial charge in [0.1, 0.15) is 0 Å². The summed E-state index contributed by atoms with van der Waals surface area (Å²) in [4.78, 5) is 2.56. The Hall–Kier alpha value is -0.860. The molecule has 2 rings (SSSR count). The minimum Gasteiger partial charge on any atom is -0.326 e. The van der Waals surface area contributed by atoms with Crippen LogP contribution in [0.2, 0.25) is 0 Å². The van der Waals surface area contributed by atoms with Gasteiger partial charge in [-0.3, -0.25) is 4.90 Å². The zero-order valence-electron chi connectivity index (χ0n) is 14.4. The molecule has 1 atom stereocenters. The predicted octanol–water partition coefficient (Wildman–Crippen LogP) is 3.73. The minimum absolute atomic E-state index is 0.0825. The van der Waals surface area contributed by atoms with Crippen molar-refractivity contribution in [3.05, 3.63) is 35.4 Å². The molecule has 1 unspecified atom stereocenters. The maximum Gasteiger partial charge on any atom is 0.0307 e. The van der Waals surface area contributed by atoms with Gasteiger partial charge >= 0.3 is 0 Å². The summed E-state index contributed by atoms with van der Waals surface area (Å²) in [6.07, 6.45) is 3.58. The van der Waals surface area contributed by atoms with Crippen LogP contribution in [0.1, 0.15) is 58.6 Å². The molecule has 21 heavy (non-hydrogen) atoms. The van der Waals surface area contributed by atoms with Crippen molar-refractivity contribution in [2.75, 3.05) is 13.1 Å². The number of hydrogen-bond donors (Lipinski definition) is 1. The lowest BCUT2D eigenvalue weighted by Crippen LogP contribution is -2.55. The van der Waals surface area contributed by atoms with E-state index in [9.17, 15) is 0 Å². The first-order valence-electron chi connectivity index (χ1n) is 8.31. The average molecular weight is 288 g/mol. The van der Waals surface area contributed by atoms with Crippen LogP contribution in [0.15, 0.2) is 24.3 Å². The lowest BCUT2D eigenvalue weighted by molar-refractivity contribution is 0.123. The maximum absolute atomic E-state index is 6.55. The molecule has 2 N–H and O–H groups in total. The van der Waals surface area contributed by atoms with Crippen molar-refractivity contribution in [3.8, 4) is 0 Å². The molecule has 1 fully saturated rings. The first kappa shape index (κ1) is 16.5. The second kappa shape index (κ2) is 6.10. The molecular formula is C19H32N2. The van der Waals surface area contributed by atoms with Gasteiger partial charge in [0.05, 0.1) is 0 Å². The molecule has 2 nitrogen and oxygen atoms in total. The summed E-state index contributed by atoms with van der Waals surface area (Å²) >= 11 is 0. The van der Waals surface area contributed by atoms with Gasteiger partial charge in [0.2, 0.25) is 0 Å². The third-order valence-electron chi connectivity index (χ3n) is 5.10. The molecule has 0 amide bonds. The van der Waals surface area contributed by atoms with Gasteiger partial charge in [0.25, 0.3) is 0 Å². The molecule has 0 bridgehead atoms. The number of benzene rings is 1. The zero-order valence-corrected chi connectivity index (χ0v) is 14.4. The first-order valence-corrected chi connectivity index (χ1v) is 8.31. The van der Waals surface area contributed by atoms with Crippen molar-refractivity contribution < 1.29 is 0 Å². The Morgan fingerprint density at radius 2 is 1.52 bits per heavy atom. The molecule has 1 aliphatic heterocycles. The number of rotatable bonds is 4. The monoisotopic (exact) mass is 288 g/mol. The van der Waals surface area contributed by atoms with Crippen molar-refractivity contribution in [3.63, 3.8) is 0 Å². The van der Waals surface area contributed by atoms with Gasteiger partial charge < -0.3 is 5.73 Å². The molecule has 0 spiro atoms. The Bertz CT molecular complexity index is 447. The van der Waals surface area contributed by atoms with Gasteiger partial charge in [0.15, 0.2) is 0 Å². The SMILES string of the molecule is CC(C)(C)c1ccc(CC(N)C(C)(C)N2CCCC2)cc1. The molecule has 2 heteroatoms. The summed E-state index contributed by atoms with van der Waals surface area (Å²) in [6.45, 7) is 13.8. The Morgan fingerprint density at radius 1 is 1.00 bits per heavy atom. The van der Waals surface area contributed by atoms with Crippen LogP contribution in [0.4, 0.5) is 0 Å². The third kappa shape index (κ3) is 3.87. The number of hydrogen-bond acceptors (Lipinski definition) is 2. The summed E-state index contributed by atoms with van der Waals surface area (Å²) in [5, 5.41) is 0. The lowest BCUT2D eigenvalue weighted by Gasteiger charge is -2.40. The van der Waals surface area contributed by atoms with E-state index in [1.807, 2.05) is 0 Å². The Kier molecular flexibility index (Phi) is 4.79. The number of likely N-dealkylation sites (tertiary alicyclic amines) is 1. The van der Waals surface area contributed by atoms with Crippen LogP contribution in [-0.4, -0.2) is 29.6 Å². The van der Waals surface area contributed by atoms with E-state index in [0.29, 0.717) is 0 Å². The van der Waals surface area contributed by atoms with Gasteiger partial charge in [-0.15, -0.1) is 0 Å². The highest BCUT2D eigenvalue weighted by atomic mass is 15.2. The predicted molar refractivity (Wildman–Crippen MR) is 91.7 cm³/mol. The lowest BCUT2D eigenvalue weighted by atomic mass is 9.85. The van der Waals surface area contributed by atoms with E-state index in [1.165, 1.54) is 37.1 Å². The van der Waals surface area contributed by atoms with E-state index < -0.39 is 0 Å². The van der Waals surface area contributed by atoms with E-state index in [-0.39, 0.29) is 17.0 Å². The Labute approximate surface area is 130 Å². The Balaban J connectivity index is 2.03. The average Bonchev–Trinajstić information content (AvgIpc) is 2.92. The standard InChI is InChI=1S/C19H32N2/c1-18(2,3)16-10-8-15(9-11-16)14-17(20)19(4,5)21-12-6-7-13-21/h8-11,17H,6-7,12-14,20H2,1-5H3. The zero-order chi connectivity index (χ0) is 15.7. The first-order chi connectivity index (χ1) is 9.71. The highest BCUT2D eigenvalue weighted by Gasteiger charge is 2.34. The summed E-state index contributed by atoms with van der Waals surface area (Å²) in [7, 11) is 0. The minimum atomic E-state index is 0.0825. The number of nitrogens with zero attached hydrogens (tertiary/aromatic N) is 1. The fourth-order valence-electron chi connectivity index (χ4n) is 3.17. The van der Waals surface area contributed by atoms with Gasteiger partial charge in [-0.05, 0) is 62.7 Å². The van der Waals surface area contributed by atoms with E-state index in [4.69, 9.17) is 5.73 Å². The third-order valence-corrected chi connectivity index (χ3v) is 5.10. The molecule has 0 aliphatic carbocycles. The van der Waals surface area contributed by atoms with Gasteiger partial charge in [-0.2, -0.15) is 0 Å².